The van der Waals surface area contributed by atoms with Gasteiger partial charge in [-0.1, -0.05) is 24.6 Å². The monoisotopic (exact) mass is 278 g/mol. The lowest BCUT2D eigenvalue weighted by Gasteiger charge is -2.27. The highest BCUT2D eigenvalue weighted by atomic mass is 32.2. The van der Waals surface area contributed by atoms with Gasteiger partial charge in [0.2, 0.25) is 0 Å². The zero-order valence-electron chi connectivity index (χ0n) is 10.8. The van der Waals surface area contributed by atoms with Crippen LogP contribution in [0, 0.1) is 12.3 Å². The average Bonchev–Trinajstić information content (AvgIpc) is 2.85. The summed E-state index contributed by atoms with van der Waals surface area (Å²) in [6.07, 6.45) is 0. The molecule has 3 atom stereocenters. The minimum absolute atomic E-state index is 0.219. The van der Waals surface area contributed by atoms with Gasteiger partial charge in [0.1, 0.15) is 6.61 Å². The molecule has 0 aromatic heterocycles. The van der Waals surface area contributed by atoms with Crippen LogP contribution in [0.5, 0.6) is 0 Å². The lowest BCUT2D eigenvalue weighted by Crippen LogP contribution is -2.48. The van der Waals surface area contributed by atoms with E-state index in [1.165, 1.54) is 0 Å². The summed E-state index contributed by atoms with van der Waals surface area (Å²) in [5.74, 6) is -0.532. The van der Waals surface area contributed by atoms with E-state index in [2.05, 4.69) is 10.2 Å². The van der Waals surface area contributed by atoms with E-state index in [4.69, 9.17) is 4.74 Å². The Morgan fingerprint density at radius 3 is 2.68 bits per heavy atom. The van der Waals surface area contributed by atoms with Crippen molar-refractivity contribution in [3.05, 3.63) is 29.8 Å². The van der Waals surface area contributed by atoms with Gasteiger partial charge in [0.05, 0.1) is 22.8 Å². The van der Waals surface area contributed by atoms with Crippen molar-refractivity contribution in [3.8, 4) is 0 Å². The number of nitrogens with zero attached hydrogens (tertiary/aromatic N) is 2. The molecule has 2 heterocycles. The maximum atomic E-state index is 12.8. The number of aryl methyl sites for hydroxylation is 1. The van der Waals surface area contributed by atoms with Gasteiger partial charge in [-0.2, -0.15) is 10.2 Å². The third-order valence-corrected chi connectivity index (χ3v) is 5.73. The van der Waals surface area contributed by atoms with E-state index in [0.29, 0.717) is 11.4 Å². The van der Waals surface area contributed by atoms with Gasteiger partial charge in [-0.3, -0.25) is 4.21 Å². The minimum atomic E-state index is -1.60. The van der Waals surface area contributed by atoms with Gasteiger partial charge in [0.25, 0.3) is 4.87 Å². The molecule has 0 bridgehead atoms. The van der Waals surface area contributed by atoms with Crippen LogP contribution in [-0.4, -0.2) is 28.2 Å². The Bertz CT molecular complexity index is 598. The van der Waals surface area contributed by atoms with Crippen LogP contribution in [0.15, 0.2) is 39.4 Å². The first-order valence-corrected chi connectivity index (χ1v) is 7.19. The van der Waals surface area contributed by atoms with Crippen molar-refractivity contribution in [3.63, 3.8) is 0 Å². The topological polar surface area (TPSA) is 68.1 Å². The van der Waals surface area contributed by atoms with E-state index in [1.807, 2.05) is 26.0 Å². The van der Waals surface area contributed by atoms with E-state index < -0.39 is 27.1 Å². The fraction of sp³-hybridized carbons (Fsp3) is 0.462. The molecular weight excluding hydrogens is 264 g/mol. The van der Waals surface area contributed by atoms with Gasteiger partial charge >= 0.3 is 5.97 Å². The molecule has 1 fully saturated rings. The number of rotatable bonds is 2. The lowest BCUT2D eigenvalue weighted by molar-refractivity contribution is -0.140. The molecule has 0 aliphatic carbocycles. The van der Waals surface area contributed by atoms with Gasteiger partial charge in [0, 0.05) is 4.90 Å². The Hall–Kier alpha value is -1.56. The second kappa shape index (κ2) is 3.96. The van der Waals surface area contributed by atoms with Crippen molar-refractivity contribution in [1.29, 1.82) is 0 Å². The predicted octanol–water partition coefficient (Wildman–Crippen LogP) is 1.83. The second-order valence-electron chi connectivity index (χ2n) is 5.26. The van der Waals surface area contributed by atoms with Crippen LogP contribution in [0.2, 0.25) is 0 Å². The third-order valence-electron chi connectivity index (χ3n) is 3.75. The van der Waals surface area contributed by atoms with Gasteiger partial charge in [-0.25, -0.2) is 4.79 Å². The molecule has 2 aliphatic rings. The van der Waals surface area contributed by atoms with Crippen LogP contribution in [0.4, 0.5) is 0 Å². The van der Waals surface area contributed by atoms with Gasteiger partial charge in [-0.15, -0.1) is 0 Å². The molecule has 1 saturated heterocycles. The predicted molar refractivity (Wildman–Crippen MR) is 69.1 cm³/mol. The number of carbonyl (C=O) groups excluding carboxylic acids is 1. The largest absolute Gasteiger partial charge is 0.462 e. The Morgan fingerprint density at radius 1 is 1.32 bits per heavy atom. The summed E-state index contributed by atoms with van der Waals surface area (Å²) in [4.78, 5) is 11.3. The fourth-order valence-corrected chi connectivity index (χ4v) is 4.08. The Morgan fingerprint density at radius 2 is 2.00 bits per heavy atom. The van der Waals surface area contributed by atoms with Crippen molar-refractivity contribution < 1.29 is 13.7 Å². The fourth-order valence-electron chi connectivity index (χ4n) is 2.44. The number of hydrogen-bond acceptors (Lipinski definition) is 5. The summed E-state index contributed by atoms with van der Waals surface area (Å²) in [7, 11) is -1.60. The molecule has 6 heteroatoms. The van der Waals surface area contributed by atoms with E-state index in [1.54, 1.807) is 12.1 Å². The Balaban J connectivity index is 2.09. The van der Waals surface area contributed by atoms with E-state index in [0.717, 1.165) is 5.56 Å². The summed E-state index contributed by atoms with van der Waals surface area (Å²) in [5.41, 5.74) is 0.461. The molecule has 0 N–H and O–H groups in total. The number of ether oxygens (including phenoxy) is 1. The van der Waals surface area contributed by atoms with Crippen LogP contribution >= 0.6 is 0 Å². The van der Waals surface area contributed by atoms with Crippen LogP contribution < -0.4 is 0 Å². The standard InChI is InChI=1S/C13H14N2O3S/c1-9-3-5-10(6-4-9)19(17)13-11(16)18-8-12(13,2)7-14-15-13/h3-6H,7-8H2,1-2H3/t12-,13-,19?/m1/s1. The zero-order valence-corrected chi connectivity index (χ0v) is 11.6. The highest BCUT2D eigenvalue weighted by Gasteiger charge is 2.68. The molecule has 0 saturated carbocycles. The lowest BCUT2D eigenvalue weighted by atomic mass is 9.86. The van der Waals surface area contributed by atoms with Crippen LogP contribution in [0.1, 0.15) is 12.5 Å². The first-order chi connectivity index (χ1) is 8.99. The van der Waals surface area contributed by atoms with E-state index in [9.17, 15) is 9.00 Å². The Kier molecular flexibility index (Phi) is 2.60. The summed E-state index contributed by atoms with van der Waals surface area (Å²) in [6, 6.07) is 7.27. The quantitative estimate of drug-likeness (QED) is 0.775. The normalized spacial score (nSPS) is 34.1. The molecule has 0 spiro atoms. The molecule has 0 radical (unpaired) electrons. The van der Waals surface area contributed by atoms with Crippen LogP contribution in [0.25, 0.3) is 0 Å². The SMILES string of the molecule is Cc1ccc(S(=O)[C@@]23N=NC[C@]2(C)COC3=O)cc1. The smallest absolute Gasteiger partial charge is 0.350 e. The minimum Gasteiger partial charge on any atom is -0.462 e. The van der Waals surface area contributed by atoms with Crippen molar-refractivity contribution in [1.82, 2.24) is 0 Å². The summed E-state index contributed by atoms with van der Waals surface area (Å²) in [5, 5.41) is 7.99. The van der Waals surface area contributed by atoms with E-state index in [-0.39, 0.29) is 6.61 Å². The summed E-state index contributed by atoms with van der Waals surface area (Å²) in [6.45, 7) is 4.39. The molecule has 3 rings (SSSR count). The van der Waals surface area contributed by atoms with Crippen LogP contribution in [-0.2, 0) is 20.3 Å². The highest BCUT2D eigenvalue weighted by molar-refractivity contribution is 7.87. The van der Waals surface area contributed by atoms with Crippen molar-refractivity contribution >= 4 is 16.8 Å². The number of benzene rings is 1. The van der Waals surface area contributed by atoms with Gasteiger partial charge < -0.3 is 4.74 Å². The zero-order chi connectivity index (χ0) is 13.7. The number of cyclic esters (lactones) is 1. The van der Waals surface area contributed by atoms with Gasteiger partial charge in [0.15, 0.2) is 0 Å². The number of carbonyl (C=O) groups is 1. The molecule has 1 unspecified atom stereocenters. The number of azo groups is 1. The highest BCUT2D eigenvalue weighted by Crippen LogP contribution is 2.49. The molecule has 100 valence electrons. The summed E-state index contributed by atoms with van der Waals surface area (Å²) >= 11 is 0. The molecular formula is C13H14N2O3S. The van der Waals surface area contributed by atoms with Crippen molar-refractivity contribution in [2.75, 3.05) is 13.2 Å². The summed E-state index contributed by atoms with van der Waals surface area (Å²) < 4.78 is 17.9. The van der Waals surface area contributed by atoms with Gasteiger partial charge in [-0.05, 0) is 19.1 Å². The molecule has 0 amide bonds. The third kappa shape index (κ3) is 1.52. The molecule has 19 heavy (non-hydrogen) atoms. The van der Waals surface area contributed by atoms with Crippen molar-refractivity contribution in [2.45, 2.75) is 23.6 Å². The number of fused-ring (bicyclic) bond motifs is 1. The van der Waals surface area contributed by atoms with Crippen molar-refractivity contribution in [2.24, 2.45) is 15.6 Å². The molecule has 1 aromatic carbocycles. The van der Waals surface area contributed by atoms with Crippen LogP contribution in [0.3, 0.4) is 0 Å². The first kappa shape index (κ1) is 12.5. The molecule has 2 aliphatic heterocycles. The number of hydrogen-bond donors (Lipinski definition) is 0. The molecule has 1 aromatic rings. The maximum Gasteiger partial charge on any atom is 0.350 e. The van der Waals surface area contributed by atoms with E-state index >= 15 is 0 Å². The first-order valence-electron chi connectivity index (χ1n) is 6.04. The Labute approximate surface area is 113 Å². The number of esters is 1. The second-order valence-corrected chi connectivity index (χ2v) is 6.86. The molecule has 5 nitrogen and oxygen atoms in total. The average molecular weight is 278 g/mol. The maximum absolute atomic E-state index is 12.8.